The number of rotatable bonds is 3. The third-order valence-corrected chi connectivity index (χ3v) is 5.67. The topological polar surface area (TPSA) is 55.4 Å². The van der Waals surface area contributed by atoms with Crippen molar-refractivity contribution in [2.45, 2.75) is 63.9 Å². The first-order valence-electron chi connectivity index (χ1n) is 9.12. The number of nitrogens with one attached hydrogen (secondary N) is 1. The normalized spacial score (nSPS) is 22.0. The molecule has 1 amide bonds. The lowest BCUT2D eigenvalue weighted by Crippen LogP contribution is -2.35. The van der Waals surface area contributed by atoms with Gasteiger partial charge in [-0.3, -0.25) is 4.79 Å². The van der Waals surface area contributed by atoms with Crippen molar-refractivity contribution in [3.05, 3.63) is 45.1 Å². The molecular formula is C20H23Cl2NO3. The highest BCUT2D eigenvalue weighted by molar-refractivity contribution is 6.35. The molecule has 6 heteroatoms. The number of halogens is 2. The van der Waals surface area contributed by atoms with E-state index in [0.717, 1.165) is 31.2 Å². The van der Waals surface area contributed by atoms with Gasteiger partial charge in [0.2, 0.25) is 5.91 Å². The number of esters is 1. The number of benzene rings is 1. The highest BCUT2D eigenvalue weighted by Crippen LogP contribution is 2.38. The molecule has 0 saturated heterocycles. The summed E-state index contributed by atoms with van der Waals surface area (Å²) in [5, 5.41) is 3.73. The average molecular weight is 396 g/mol. The van der Waals surface area contributed by atoms with Gasteiger partial charge in [0.15, 0.2) is 0 Å². The van der Waals surface area contributed by atoms with Gasteiger partial charge in [-0.25, -0.2) is 4.79 Å². The SMILES string of the molecule is CC1=C(C(=O)OC2CCCCCC2)C(c2ccc(Cl)cc2Cl)CC(=O)N1. The van der Waals surface area contributed by atoms with E-state index in [2.05, 4.69) is 5.32 Å². The smallest absolute Gasteiger partial charge is 0.336 e. The fraction of sp³-hybridized carbons (Fsp3) is 0.500. The maximum absolute atomic E-state index is 13.0. The Balaban J connectivity index is 1.88. The molecule has 26 heavy (non-hydrogen) atoms. The minimum absolute atomic E-state index is 0.0516. The summed E-state index contributed by atoms with van der Waals surface area (Å²) in [5.41, 5.74) is 1.74. The molecule has 4 nitrogen and oxygen atoms in total. The Morgan fingerprint density at radius 2 is 1.85 bits per heavy atom. The molecule has 1 aliphatic carbocycles. The molecule has 1 N–H and O–H groups in total. The maximum atomic E-state index is 13.0. The van der Waals surface area contributed by atoms with Crippen molar-refractivity contribution in [2.75, 3.05) is 0 Å². The van der Waals surface area contributed by atoms with Crippen molar-refractivity contribution in [3.63, 3.8) is 0 Å². The van der Waals surface area contributed by atoms with E-state index >= 15 is 0 Å². The molecule has 0 spiro atoms. The molecule has 0 bridgehead atoms. The summed E-state index contributed by atoms with van der Waals surface area (Å²) < 4.78 is 5.81. The number of amides is 1. The Labute approximate surface area is 163 Å². The van der Waals surface area contributed by atoms with Crippen molar-refractivity contribution in [3.8, 4) is 0 Å². The van der Waals surface area contributed by atoms with E-state index in [1.54, 1.807) is 25.1 Å². The van der Waals surface area contributed by atoms with Crippen LogP contribution in [0.15, 0.2) is 29.5 Å². The van der Waals surface area contributed by atoms with Crippen LogP contribution < -0.4 is 5.32 Å². The van der Waals surface area contributed by atoms with E-state index < -0.39 is 5.92 Å². The molecular weight excluding hydrogens is 373 g/mol. The molecule has 1 aromatic rings. The standard InChI is InChI=1S/C20H23Cl2NO3/c1-12-19(20(25)26-14-6-4-2-3-5-7-14)16(11-18(24)23-12)15-9-8-13(21)10-17(15)22/h8-10,14,16H,2-7,11H2,1H3,(H,23,24). The van der Waals surface area contributed by atoms with E-state index in [4.69, 9.17) is 27.9 Å². The molecule has 1 fully saturated rings. The van der Waals surface area contributed by atoms with Crippen LogP contribution in [0.3, 0.4) is 0 Å². The van der Waals surface area contributed by atoms with E-state index in [-0.39, 0.29) is 24.4 Å². The van der Waals surface area contributed by atoms with E-state index in [1.807, 2.05) is 0 Å². The van der Waals surface area contributed by atoms with Crippen LogP contribution in [-0.4, -0.2) is 18.0 Å². The Morgan fingerprint density at radius 3 is 2.50 bits per heavy atom. The Morgan fingerprint density at radius 1 is 1.15 bits per heavy atom. The maximum Gasteiger partial charge on any atom is 0.336 e. The molecule has 0 aromatic heterocycles. The lowest BCUT2D eigenvalue weighted by Gasteiger charge is -2.28. The van der Waals surface area contributed by atoms with Crippen LogP contribution in [0.4, 0.5) is 0 Å². The summed E-state index contributed by atoms with van der Waals surface area (Å²) in [6.45, 7) is 1.73. The van der Waals surface area contributed by atoms with Crippen LogP contribution in [0.1, 0.15) is 63.4 Å². The van der Waals surface area contributed by atoms with Gasteiger partial charge < -0.3 is 10.1 Å². The van der Waals surface area contributed by atoms with Crippen LogP contribution in [0, 0.1) is 0 Å². The van der Waals surface area contributed by atoms with Gasteiger partial charge >= 0.3 is 5.97 Å². The molecule has 1 unspecified atom stereocenters. The molecule has 1 heterocycles. The van der Waals surface area contributed by atoms with E-state index in [9.17, 15) is 9.59 Å². The van der Waals surface area contributed by atoms with Crippen molar-refractivity contribution in [1.29, 1.82) is 0 Å². The van der Waals surface area contributed by atoms with Crippen LogP contribution in [0.5, 0.6) is 0 Å². The Kier molecular flexibility index (Phi) is 6.25. The minimum atomic E-state index is -0.424. The summed E-state index contributed by atoms with van der Waals surface area (Å²) in [6, 6.07) is 5.13. The average Bonchev–Trinajstić information content (AvgIpc) is 2.82. The molecule has 1 aliphatic heterocycles. The number of carbonyl (C=O) groups is 2. The van der Waals surface area contributed by atoms with Crippen LogP contribution in [0.25, 0.3) is 0 Å². The molecule has 3 rings (SSSR count). The second-order valence-electron chi connectivity index (χ2n) is 7.03. The van der Waals surface area contributed by atoms with Gasteiger partial charge in [0.1, 0.15) is 6.10 Å². The predicted octanol–water partition coefficient (Wildman–Crippen LogP) is 5.14. The van der Waals surface area contributed by atoms with Gasteiger partial charge in [0.05, 0.1) is 5.57 Å². The van der Waals surface area contributed by atoms with Gasteiger partial charge in [-0.05, 0) is 50.3 Å². The first kappa shape index (κ1) is 19.2. The van der Waals surface area contributed by atoms with Crippen molar-refractivity contribution >= 4 is 35.1 Å². The molecule has 2 aliphatic rings. The quantitative estimate of drug-likeness (QED) is 0.569. The molecule has 1 aromatic carbocycles. The van der Waals surface area contributed by atoms with Gasteiger partial charge in [-0.15, -0.1) is 0 Å². The third kappa shape index (κ3) is 4.41. The highest BCUT2D eigenvalue weighted by Gasteiger charge is 2.34. The van der Waals surface area contributed by atoms with Gasteiger partial charge in [0.25, 0.3) is 0 Å². The van der Waals surface area contributed by atoms with Crippen LogP contribution in [-0.2, 0) is 14.3 Å². The van der Waals surface area contributed by atoms with Crippen molar-refractivity contribution < 1.29 is 14.3 Å². The second-order valence-corrected chi connectivity index (χ2v) is 7.87. The number of hydrogen-bond acceptors (Lipinski definition) is 3. The zero-order chi connectivity index (χ0) is 18.7. The zero-order valence-corrected chi connectivity index (χ0v) is 16.3. The van der Waals surface area contributed by atoms with E-state index in [0.29, 0.717) is 21.3 Å². The Hall–Kier alpha value is -1.52. The number of carbonyl (C=O) groups excluding carboxylic acids is 2. The lowest BCUT2D eigenvalue weighted by atomic mass is 9.84. The monoisotopic (exact) mass is 395 g/mol. The summed E-state index contributed by atoms with van der Waals surface area (Å²) in [6.07, 6.45) is 6.45. The second kappa shape index (κ2) is 8.45. The number of allylic oxidation sites excluding steroid dienone is 1. The zero-order valence-electron chi connectivity index (χ0n) is 14.8. The number of hydrogen-bond donors (Lipinski definition) is 1. The van der Waals surface area contributed by atoms with Gasteiger partial charge in [-0.2, -0.15) is 0 Å². The van der Waals surface area contributed by atoms with Gasteiger partial charge in [-0.1, -0.05) is 42.1 Å². The first-order chi connectivity index (χ1) is 12.5. The minimum Gasteiger partial charge on any atom is -0.459 e. The predicted molar refractivity (Wildman–Crippen MR) is 102 cm³/mol. The van der Waals surface area contributed by atoms with Gasteiger partial charge in [0, 0.05) is 28.1 Å². The fourth-order valence-corrected chi connectivity index (χ4v) is 4.34. The highest BCUT2D eigenvalue weighted by atomic mass is 35.5. The van der Waals surface area contributed by atoms with Crippen molar-refractivity contribution in [1.82, 2.24) is 5.32 Å². The van der Waals surface area contributed by atoms with Crippen molar-refractivity contribution in [2.24, 2.45) is 0 Å². The van der Waals surface area contributed by atoms with Crippen LogP contribution in [0.2, 0.25) is 10.0 Å². The lowest BCUT2D eigenvalue weighted by molar-refractivity contribution is -0.145. The van der Waals surface area contributed by atoms with Crippen LogP contribution >= 0.6 is 23.2 Å². The summed E-state index contributed by atoms with van der Waals surface area (Å²) in [5.74, 6) is -0.915. The molecule has 0 radical (unpaired) electrons. The largest absolute Gasteiger partial charge is 0.459 e. The first-order valence-corrected chi connectivity index (χ1v) is 9.88. The summed E-state index contributed by atoms with van der Waals surface area (Å²) in [7, 11) is 0. The number of ether oxygens (including phenoxy) is 1. The Bertz CT molecular complexity index is 737. The molecule has 1 atom stereocenters. The summed E-state index contributed by atoms with van der Waals surface area (Å²) >= 11 is 12.3. The summed E-state index contributed by atoms with van der Waals surface area (Å²) in [4.78, 5) is 25.0. The molecule has 1 saturated carbocycles. The fourth-order valence-electron chi connectivity index (χ4n) is 3.80. The third-order valence-electron chi connectivity index (χ3n) is 5.10. The molecule has 140 valence electrons. The van der Waals surface area contributed by atoms with E-state index in [1.165, 1.54) is 12.8 Å².